The highest BCUT2D eigenvalue weighted by Crippen LogP contribution is 2.34. The van der Waals surface area contributed by atoms with Gasteiger partial charge in [0.05, 0.1) is 0 Å². The molecule has 0 aromatic heterocycles. The summed E-state index contributed by atoms with van der Waals surface area (Å²) < 4.78 is 0. The summed E-state index contributed by atoms with van der Waals surface area (Å²) in [6.07, 6.45) is 0. The lowest BCUT2D eigenvalue weighted by Crippen LogP contribution is -2.28. The highest BCUT2D eigenvalue weighted by atomic mass is 17.1. The molecule has 1 aromatic rings. The van der Waals surface area contributed by atoms with Crippen LogP contribution in [0.3, 0.4) is 0 Å². The summed E-state index contributed by atoms with van der Waals surface area (Å²) in [5, 5.41) is 17.8. The van der Waals surface area contributed by atoms with Crippen molar-refractivity contribution >= 4 is 0 Å². The van der Waals surface area contributed by atoms with Crippen LogP contribution in [0.25, 0.3) is 0 Å². The van der Waals surface area contributed by atoms with Crippen LogP contribution in [0, 0.1) is 0 Å². The van der Waals surface area contributed by atoms with Crippen molar-refractivity contribution < 1.29 is 20.3 Å². The lowest BCUT2D eigenvalue weighted by atomic mass is 9.85. The van der Waals surface area contributed by atoms with E-state index in [1.54, 1.807) is 27.7 Å². The third-order valence-electron chi connectivity index (χ3n) is 2.68. The topological polar surface area (TPSA) is 58.9 Å². The molecule has 0 spiro atoms. The van der Waals surface area contributed by atoms with Crippen LogP contribution in [0.1, 0.15) is 38.8 Å². The van der Waals surface area contributed by atoms with Gasteiger partial charge in [0.1, 0.15) is 11.2 Å². The van der Waals surface area contributed by atoms with Gasteiger partial charge in [-0.05, 0) is 38.8 Å². The molecule has 0 saturated carbocycles. The van der Waals surface area contributed by atoms with Crippen molar-refractivity contribution in [2.24, 2.45) is 0 Å². The van der Waals surface area contributed by atoms with Crippen LogP contribution in [-0.4, -0.2) is 10.5 Å². The first-order chi connectivity index (χ1) is 7.35. The van der Waals surface area contributed by atoms with E-state index in [1.165, 1.54) is 0 Å². The zero-order valence-corrected chi connectivity index (χ0v) is 10.0. The fourth-order valence-corrected chi connectivity index (χ4v) is 1.63. The van der Waals surface area contributed by atoms with Crippen LogP contribution in [0.4, 0.5) is 0 Å². The number of rotatable bonds is 4. The first-order valence-electron chi connectivity index (χ1n) is 5.10. The van der Waals surface area contributed by atoms with Crippen LogP contribution in [0.5, 0.6) is 0 Å². The first-order valence-corrected chi connectivity index (χ1v) is 5.10. The molecule has 2 N–H and O–H groups in total. The van der Waals surface area contributed by atoms with Gasteiger partial charge in [-0.2, -0.15) is 0 Å². The third-order valence-corrected chi connectivity index (χ3v) is 2.68. The Balaban J connectivity index is 3.31. The van der Waals surface area contributed by atoms with Gasteiger partial charge in [-0.3, -0.25) is 10.5 Å². The maximum absolute atomic E-state index is 8.91. The molecule has 90 valence electrons. The van der Waals surface area contributed by atoms with Gasteiger partial charge in [-0.25, -0.2) is 9.78 Å². The summed E-state index contributed by atoms with van der Waals surface area (Å²) in [5.74, 6) is 0. The fraction of sp³-hybridized carbons (Fsp3) is 0.500. The number of hydrogen-bond donors (Lipinski definition) is 2. The van der Waals surface area contributed by atoms with E-state index < -0.39 is 11.2 Å². The lowest BCUT2D eigenvalue weighted by molar-refractivity contribution is -0.326. The summed E-state index contributed by atoms with van der Waals surface area (Å²) in [4.78, 5) is 8.93. The van der Waals surface area contributed by atoms with E-state index in [0.717, 1.165) is 11.1 Å². The molecule has 16 heavy (non-hydrogen) atoms. The Bertz CT molecular complexity index is 323. The molecule has 0 amide bonds. The van der Waals surface area contributed by atoms with Crippen molar-refractivity contribution in [3.63, 3.8) is 0 Å². The van der Waals surface area contributed by atoms with Crippen molar-refractivity contribution in [2.75, 3.05) is 0 Å². The molecule has 0 saturated heterocycles. The second-order valence-electron chi connectivity index (χ2n) is 4.75. The molecule has 0 heterocycles. The van der Waals surface area contributed by atoms with Gasteiger partial charge in [-0.1, -0.05) is 24.3 Å². The molecule has 0 fully saturated rings. The second-order valence-corrected chi connectivity index (χ2v) is 4.75. The van der Waals surface area contributed by atoms with Gasteiger partial charge in [-0.15, -0.1) is 0 Å². The Morgan fingerprint density at radius 2 is 1.12 bits per heavy atom. The van der Waals surface area contributed by atoms with E-state index in [2.05, 4.69) is 9.78 Å². The van der Waals surface area contributed by atoms with E-state index in [9.17, 15) is 0 Å². The standard InChI is InChI=1S/C12H18O4/c1-11(2,15-13)9-7-5-6-8-10(9)12(3,4)16-14/h5-8,13-14H,1-4H3. The maximum Gasteiger partial charge on any atom is 0.123 e. The summed E-state index contributed by atoms with van der Waals surface area (Å²) in [5.41, 5.74) is -0.188. The van der Waals surface area contributed by atoms with Crippen LogP contribution < -0.4 is 0 Å². The SMILES string of the molecule is CC(C)(OO)c1ccccc1C(C)(C)OO. The van der Waals surface area contributed by atoms with Crippen molar-refractivity contribution in [3.8, 4) is 0 Å². The fourth-order valence-electron chi connectivity index (χ4n) is 1.63. The molecule has 4 heteroatoms. The normalized spacial score (nSPS) is 12.9. The molecule has 4 nitrogen and oxygen atoms in total. The summed E-state index contributed by atoms with van der Waals surface area (Å²) >= 11 is 0. The van der Waals surface area contributed by atoms with E-state index in [-0.39, 0.29) is 0 Å². The molecule has 0 aliphatic rings. The van der Waals surface area contributed by atoms with Gasteiger partial charge in [0, 0.05) is 0 Å². The predicted molar refractivity (Wildman–Crippen MR) is 59.9 cm³/mol. The molecule has 0 bridgehead atoms. The molecule has 0 aliphatic heterocycles. The summed E-state index contributed by atoms with van der Waals surface area (Å²) in [6.45, 7) is 6.94. The van der Waals surface area contributed by atoms with Crippen molar-refractivity contribution in [1.29, 1.82) is 0 Å². The average Bonchev–Trinajstić information content (AvgIpc) is 2.29. The molecule has 1 rings (SSSR count). The van der Waals surface area contributed by atoms with Crippen molar-refractivity contribution in [1.82, 2.24) is 0 Å². The van der Waals surface area contributed by atoms with Crippen LogP contribution in [0.2, 0.25) is 0 Å². The molecule has 0 radical (unpaired) electrons. The number of benzene rings is 1. The smallest absolute Gasteiger partial charge is 0.123 e. The monoisotopic (exact) mass is 226 g/mol. The Morgan fingerprint density at radius 3 is 1.38 bits per heavy atom. The zero-order valence-electron chi connectivity index (χ0n) is 10.0. The van der Waals surface area contributed by atoms with E-state index >= 15 is 0 Å². The first kappa shape index (κ1) is 13.1. The minimum atomic E-state index is -0.855. The molecular weight excluding hydrogens is 208 g/mol. The van der Waals surface area contributed by atoms with Crippen LogP contribution in [0.15, 0.2) is 24.3 Å². The van der Waals surface area contributed by atoms with E-state index in [1.807, 2.05) is 24.3 Å². The molecule has 0 unspecified atom stereocenters. The second kappa shape index (κ2) is 4.51. The molecule has 1 aromatic carbocycles. The Morgan fingerprint density at radius 1 is 0.812 bits per heavy atom. The highest BCUT2D eigenvalue weighted by Gasteiger charge is 2.32. The minimum Gasteiger partial charge on any atom is -0.251 e. The summed E-state index contributed by atoms with van der Waals surface area (Å²) in [7, 11) is 0. The Kier molecular flexibility index (Phi) is 3.70. The largest absolute Gasteiger partial charge is 0.251 e. The van der Waals surface area contributed by atoms with Gasteiger partial charge in [0.15, 0.2) is 0 Å². The van der Waals surface area contributed by atoms with E-state index in [4.69, 9.17) is 10.5 Å². The van der Waals surface area contributed by atoms with Gasteiger partial charge >= 0.3 is 0 Å². The quantitative estimate of drug-likeness (QED) is 0.611. The zero-order chi connectivity index (χ0) is 12.4. The van der Waals surface area contributed by atoms with Gasteiger partial charge < -0.3 is 0 Å². The predicted octanol–water partition coefficient (Wildman–Crippen LogP) is 3.14. The Hall–Kier alpha value is -0.940. The summed E-state index contributed by atoms with van der Waals surface area (Å²) in [6, 6.07) is 7.33. The van der Waals surface area contributed by atoms with Gasteiger partial charge in [0.25, 0.3) is 0 Å². The lowest BCUT2D eigenvalue weighted by Gasteiger charge is -2.30. The van der Waals surface area contributed by atoms with Crippen LogP contribution >= 0.6 is 0 Å². The molecular formula is C12H18O4. The number of hydrogen-bond acceptors (Lipinski definition) is 4. The minimum absolute atomic E-state index is 0.761. The van der Waals surface area contributed by atoms with E-state index in [0.29, 0.717) is 0 Å². The van der Waals surface area contributed by atoms with Crippen LogP contribution in [-0.2, 0) is 21.0 Å². The van der Waals surface area contributed by atoms with Gasteiger partial charge in [0.2, 0.25) is 0 Å². The van der Waals surface area contributed by atoms with Crippen molar-refractivity contribution in [3.05, 3.63) is 35.4 Å². The third kappa shape index (κ3) is 2.41. The highest BCUT2D eigenvalue weighted by molar-refractivity contribution is 5.35. The van der Waals surface area contributed by atoms with Crippen molar-refractivity contribution in [2.45, 2.75) is 38.9 Å². The average molecular weight is 226 g/mol. The molecule has 0 aliphatic carbocycles. The molecule has 0 atom stereocenters. The Labute approximate surface area is 95.3 Å². The maximum atomic E-state index is 8.91.